The van der Waals surface area contributed by atoms with Gasteiger partial charge in [-0.2, -0.15) is 4.98 Å². The maximum Gasteiger partial charge on any atom is 0.255 e. The van der Waals surface area contributed by atoms with Gasteiger partial charge in [0.1, 0.15) is 0 Å². The van der Waals surface area contributed by atoms with Gasteiger partial charge in [-0.15, -0.1) is 0 Å². The van der Waals surface area contributed by atoms with E-state index < -0.39 is 0 Å². The van der Waals surface area contributed by atoms with Crippen molar-refractivity contribution in [2.75, 3.05) is 5.32 Å². The Morgan fingerprint density at radius 2 is 1.64 bits per heavy atom. The molecule has 2 heterocycles. The lowest BCUT2D eigenvalue weighted by Crippen LogP contribution is -2.11. The number of rotatable bonds is 5. The summed E-state index contributed by atoms with van der Waals surface area (Å²) in [4.78, 5) is 20.5. The average Bonchev–Trinajstić information content (AvgIpc) is 3.23. The Morgan fingerprint density at radius 1 is 0.893 bits per heavy atom. The van der Waals surface area contributed by atoms with E-state index in [1.807, 2.05) is 48.5 Å². The molecule has 0 aliphatic heterocycles. The molecule has 28 heavy (non-hydrogen) atoms. The third kappa shape index (κ3) is 4.19. The van der Waals surface area contributed by atoms with E-state index in [2.05, 4.69) is 20.4 Å². The summed E-state index contributed by atoms with van der Waals surface area (Å²) in [5.41, 5.74) is 3.08. The highest BCUT2D eigenvalue weighted by Crippen LogP contribution is 2.20. The molecule has 1 N–H and O–H groups in total. The molecule has 0 unspecified atom stereocenters. The van der Waals surface area contributed by atoms with E-state index >= 15 is 0 Å². The molecule has 0 saturated heterocycles. The number of nitrogens with zero attached hydrogens (tertiary/aromatic N) is 3. The van der Waals surface area contributed by atoms with Gasteiger partial charge in [0.15, 0.2) is 0 Å². The highest BCUT2D eigenvalue weighted by Gasteiger charge is 2.08. The second-order valence-corrected chi connectivity index (χ2v) is 5.97. The molecule has 136 valence electrons. The summed E-state index contributed by atoms with van der Waals surface area (Å²) in [5, 5.41) is 6.84. The minimum absolute atomic E-state index is 0.192. The minimum atomic E-state index is -0.192. The number of carbonyl (C=O) groups is 1. The molecule has 0 radical (unpaired) electrons. The number of benzene rings is 2. The third-order valence-corrected chi connectivity index (χ3v) is 4.00. The van der Waals surface area contributed by atoms with E-state index in [-0.39, 0.29) is 5.91 Å². The highest BCUT2D eigenvalue weighted by atomic mass is 16.5. The summed E-state index contributed by atoms with van der Waals surface area (Å²) >= 11 is 0. The predicted octanol–water partition coefficient (Wildman–Crippen LogP) is 4.55. The standard InChI is InChI=1S/C22H16N4O2/c27-22(18-12-14-23-15-13-18)24-19-9-7-17(8-10-19)21-25-20(28-26-21)11-6-16-4-2-1-3-5-16/h1-15H,(H,24,27)/b11-6+. The fourth-order valence-electron chi connectivity index (χ4n) is 2.56. The Labute approximate surface area is 161 Å². The smallest absolute Gasteiger partial charge is 0.255 e. The highest BCUT2D eigenvalue weighted by molar-refractivity contribution is 6.04. The zero-order valence-electron chi connectivity index (χ0n) is 14.8. The Hall–Kier alpha value is -4.06. The average molecular weight is 368 g/mol. The number of aromatic nitrogens is 3. The van der Waals surface area contributed by atoms with Gasteiger partial charge in [-0.1, -0.05) is 35.5 Å². The van der Waals surface area contributed by atoms with Crippen molar-refractivity contribution in [2.24, 2.45) is 0 Å². The lowest BCUT2D eigenvalue weighted by molar-refractivity contribution is 0.102. The van der Waals surface area contributed by atoms with Crippen molar-refractivity contribution in [2.45, 2.75) is 0 Å². The van der Waals surface area contributed by atoms with E-state index in [0.29, 0.717) is 23.0 Å². The van der Waals surface area contributed by atoms with Crippen molar-refractivity contribution < 1.29 is 9.32 Å². The fraction of sp³-hybridized carbons (Fsp3) is 0. The molecule has 0 aliphatic carbocycles. The molecule has 0 bridgehead atoms. The van der Waals surface area contributed by atoms with E-state index in [9.17, 15) is 4.79 Å². The van der Waals surface area contributed by atoms with Gasteiger partial charge in [0, 0.05) is 35.3 Å². The summed E-state index contributed by atoms with van der Waals surface area (Å²) in [6.45, 7) is 0. The molecule has 1 amide bonds. The van der Waals surface area contributed by atoms with Gasteiger partial charge in [0.05, 0.1) is 0 Å². The molecule has 6 heteroatoms. The van der Waals surface area contributed by atoms with Crippen LogP contribution in [0.2, 0.25) is 0 Å². The lowest BCUT2D eigenvalue weighted by atomic mass is 10.2. The maximum atomic E-state index is 12.2. The normalized spacial score (nSPS) is 10.9. The molecule has 6 nitrogen and oxygen atoms in total. The van der Waals surface area contributed by atoms with Crippen LogP contribution in [0.25, 0.3) is 23.5 Å². The van der Waals surface area contributed by atoms with Crippen LogP contribution in [-0.2, 0) is 0 Å². The quantitative estimate of drug-likeness (QED) is 0.559. The number of nitrogens with one attached hydrogen (secondary N) is 1. The van der Waals surface area contributed by atoms with E-state index in [1.54, 1.807) is 42.7 Å². The molecule has 4 aromatic rings. The first kappa shape index (κ1) is 17.4. The first-order chi connectivity index (χ1) is 13.8. The van der Waals surface area contributed by atoms with Crippen LogP contribution in [0.4, 0.5) is 5.69 Å². The first-order valence-electron chi connectivity index (χ1n) is 8.66. The van der Waals surface area contributed by atoms with E-state index in [4.69, 9.17) is 4.52 Å². The van der Waals surface area contributed by atoms with Gasteiger partial charge >= 0.3 is 0 Å². The topological polar surface area (TPSA) is 80.9 Å². The SMILES string of the molecule is O=C(Nc1ccc(-c2noc(/C=C/c3ccccc3)n2)cc1)c1ccncc1. The van der Waals surface area contributed by atoms with Crippen LogP contribution in [-0.4, -0.2) is 21.0 Å². The van der Waals surface area contributed by atoms with E-state index in [0.717, 1.165) is 11.1 Å². The molecule has 0 spiro atoms. The molecular formula is C22H16N4O2. The maximum absolute atomic E-state index is 12.2. The minimum Gasteiger partial charge on any atom is -0.334 e. The molecule has 4 rings (SSSR count). The van der Waals surface area contributed by atoms with Gasteiger partial charge in [-0.05, 0) is 48.0 Å². The number of pyridine rings is 1. The number of anilines is 1. The van der Waals surface area contributed by atoms with Gasteiger partial charge in [-0.25, -0.2) is 0 Å². The second-order valence-electron chi connectivity index (χ2n) is 5.97. The van der Waals surface area contributed by atoms with Crippen molar-refractivity contribution in [3.63, 3.8) is 0 Å². The van der Waals surface area contributed by atoms with Crippen molar-refractivity contribution in [3.05, 3.63) is 96.1 Å². The summed E-state index contributed by atoms with van der Waals surface area (Å²) in [5.74, 6) is 0.719. The molecule has 0 atom stereocenters. The van der Waals surface area contributed by atoms with Crippen molar-refractivity contribution in [1.82, 2.24) is 15.1 Å². The summed E-state index contributed by atoms with van der Waals surface area (Å²) < 4.78 is 5.27. The predicted molar refractivity (Wildman–Crippen MR) is 107 cm³/mol. The van der Waals surface area contributed by atoms with Crippen LogP contribution >= 0.6 is 0 Å². The van der Waals surface area contributed by atoms with Gasteiger partial charge in [-0.3, -0.25) is 9.78 Å². The van der Waals surface area contributed by atoms with Crippen LogP contribution < -0.4 is 5.32 Å². The Balaban J connectivity index is 1.44. The van der Waals surface area contributed by atoms with Gasteiger partial charge in [0.2, 0.25) is 5.82 Å². The Bertz CT molecular complexity index is 1090. The van der Waals surface area contributed by atoms with Crippen molar-refractivity contribution >= 4 is 23.7 Å². The molecule has 0 fully saturated rings. The van der Waals surface area contributed by atoms with Crippen molar-refractivity contribution in [1.29, 1.82) is 0 Å². The van der Waals surface area contributed by atoms with Crippen LogP contribution in [0.1, 0.15) is 21.8 Å². The number of hydrogen-bond acceptors (Lipinski definition) is 5. The summed E-state index contributed by atoms with van der Waals surface area (Å²) in [7, 11) is 0. The number of carbonyl (C=O) groups excluding carboxylic acids is 1. The molecule has 0 saturated carbocycles. The zero-order valence-corrected chi connectivity index (χ0v) is 14.8. The van der Waals surface area contributed by atoms with Crippen LogP contribution in [0, 0.1) is 0 Å². The van der Waals surface area contributed by atoms with Gasteiger partial charge < -0.3 is 9.84 Å². The molecule has 2 aromatic carbocycles. The summed E-state index contributed by atoms with van der Waals surface area (Å²) in [6.07, 6.45) is 6.85. The Kier molecular flexibility index (Phi) is 5.02. The monoisotopic (exact) mass is 368 g/mol. The van der Waals surface area contributed by atoms with Crippen LogP contribution in [0.5, 0.6) is 0 Å². The molecular weight excluding hydrogens is 352 g/mol. The number of amides is 1. The zero-order chi connectivity index (χ0) is 19.2. The van der Waals surface area contributed by atoms with Crippen LogP contribution in [0.15, 0.2) is 83.6 Å². The Morgan fingerprint density at radius 3 is 2.39 bits per heavy atom. The van der Waals surface area contributed by atoms with Gasteiger partial charge in [0.25, 0.3) is 11.8 Å². The number of hydrogen-bond donors (Lipinski definition) is 1. The third-order valence-electron chi connectivity index (χ3n) is 4.00. The second kappa shape index (κ2) is 8.09. The largest absolute Gasteiger partial charge is 0.334 e. The molecule has 2 aromatic heterocycles. The fourth-order valence-corrected chi connectivity index (χ4v) is 2.56. The van der Waals surface area contributed by atoms with E-state index in [1.165, 1.54) is 0 Å². The molecule has 0 aliphatic rings. The lowest BCUT2D eigenvalue weighted by Gasteiger charge is -2.05. The first-order valence-corrected chi connectivity index (χ1v) is 8.66. The summed E-state index contributed by atoms with van der Waals surface area (Å²) in [6, 6.07) is 20.5. The van der Waals surface area contributed by atoms with Crippen molar-refractivity contribution in [3.8, 4) is 11.4 Å². The van der Waals surface area contributed by atoms with Crippen LogP contribution in [0.3, 0.4) is 0 Å².